The molecule has 8 heteroatoms. The van der Waals surface area contributed by atoms with Gasteiger partial charge in [-0.25, -0.2) is 4.98 Å². The molecule has 0 spiro atoms. The molecule has 1 fully saturated rings. The van der Waals surface area contributed by atoms with Gasteiger partial charge in [0.15, 0.2) is 0 Å². The smallest absolute Gasteiger partial charge is 0.230 e. The lowest BCUT2D eigenvalue weighted by atomic mass is 10.0. The summed E-state index contributed by atoms with van der Waals surface area (Å²) in [6.07, 6.45) is 0. The van der Waals surface area contributed by atoms with Crippen molar-refractivity contribution in [1.29, 1.82) is 0 Å². The number of benzene rings is 1. The average Bonchev–Trinajstić information content (AvgIpc) is 3.07. The summed E-state index contributed by atoms with van der Waals surface area (Å²) in [7, 11) is 0. The average molecular weight is 409 g/mol. The normalized spacial score (nSPS) is 17.4. The molecule has 1 aliphatic heterocycles. The molecule has 0 bridgehead atoms. The second-order valence-electron chi connectivity index (χ2n) is 5.75. The van der Waals surface area contributed by atoms with E-state index >= 15 is 0 Å². The zero-order valence-corrected chi connectivity index (χ0v) is 15.5. The van der Waals surface area contributed by atoms with Crippen LogP contribution in [0.15, 0.2) is 28.7 Å². The van der Waals surface area contributed by atoms with Crippen molar-refractivity contribution < 1.29 is 9.84 Å². The molecule has 1 unspecified atom stereocenters. The van der Waals surface area contributed by atoms with E-state index in [1.54, 1.807) is 0 Å². The van der Waals surface area contributed by atoms with E-state index in [-0.39, 0.29) is 11.9 Å². The van der Waals surface area contributed by atoms with Crippen LogP contribution in [0.1, 0.15) is 22.3 Å². The van der Waals surface area contributed by atoms with E-state index in [1.807, 2.05) is 19.1 Å². The van der Waals surface area contributed by atoms with Crippen LogP contribution in [0.4, 0.5) is 0 Å². The van der Waals surface area contributed by atoms with Gasteiger partial charge < -0.3 is 9.84 Å². The summed E-state index contributed by atoms with van der Waals surface area (Å²) in [5.41, 5.74) is 1.13. The quantitative estimate of drug-likeness (QED) is 0.721. The molecule has 1 N–H and O–H groups in total. The molecule has 6 nitrogen and oxygen atoms in total. The topological polar surface area (TPSA) is 62.9 Å². The standard InChI is InChI=1S/C16H17BrN4O2S/c1-10-18-16-21(19-10)15(22)14(24-16)13(20-5-7-23-8-6-20)11-3-2-4-12(17)9-11/h2-4,9,13,22H,5-8H2,1H3. The van der Waals surface area contributed by atoms with E-state index in [0.29, 0.717) is 24.0 Å². The van der Waals surface area contributed by atoms with Crippen LogP contribution >= 0.6 is 27.3 Å². The van der Waals surface area contributed by atoms with E-state index in [4.69, 9.17) is 4.74 Å². The molecule has 2 aromatic heterocycles. The Bertz CT molecular complexity index is 872. The van der Waals surface area contributed by atoms with Crippen LogP contribution in [-0.2, 0) is 4.74 Å². The van der Waals surface area contributed by atoms with Crippen LogP contribution in [0.25, 0.3) is 4.96 Å². The Kier molecular flexibility index (Phi) is 4.29. The molecular weight excluding hydrogens is 392 g/mol. The van der Waals surface area contributed by atoms with Crippen molar-refractivity contribution in [3.63, 3.8) is 0 Å². The number of aryl methyl sites for hydroxylation is 1. The lowest BCUT2D eigenvalue weighted by Gasteiger charge is -2.34. The number of aromatic hydroxyl groups is 1. The molecule has 0 aliphatic carbocycles. The molecule has 3 aromatic rings. The van der Waals surface area contributed by atoms with Gasteiger partial charge in [-0.2, -0.15) is 4.52 Å². The third-order valence-corrected chi connectivity index (χ3v) is 5.69. The number of hydrogen-bond acceptors (Lipinski definition) is 6. The van der Waals surface area contributed by atoms with Crippen molar-refractivity contribution in [2.24, 2.45) is 0 Å². The Morgan fingerprint density at radius 2 is 2.12 bits per heavy atom. The summed E-state index contributed by atoms with van der Waals surface area (Å²) in [4.78, 5) is 8.31. The number of nitrogens with zero attached hydrogens (tertiary/aromatic N) is 4. The molecular formula is C16H17BrN4O2S. The molecule has 1 aromatic carbocycles. The molecule has 1 saturated heterocycles. The van der Waals surface area contributed by atoms with Gasteiger partial charge in [0.2, 0.25) is 10.8 Å². The first kappa shape index (κ1) is 16.0. The number of hydrogen-bond donors (Lipinski definition) is 1. The fourth-order valence-electron chi connectivity index (χ4n) is 3.07. The predicted octanol–water partition coefficient (Wildman–Crippen LogP) is 2.99. The van der Waals surface area contributed by atoms with Gasteiger partial charge in [0.05, 0.1) is 24.1 Å². The Labute approximate surface area is 151 Å². The van der Waals surface area contributed by atoms with E-state index in [1.165, 1.54) is 15.9 Å². The van der Waals surface area contributed by atoms with E-state index in [0.717, 1.165) is 28.0 Å². The van der Waals surface area contributed by atoms with E-state index in [9.17, 15) is 5.11 Å². The van der Waals surface area contributed by atoms with Gasteiger partial charge >= 0.3 is 0 Å². The number of aromatic nitrogens is 3. The minimum absolute atomic E-state index is 0.0415. The van der Waals surface area contributed by atoms with Gasteiger partial charge in [-0.3, -0.25) is 4.90 Å². The summed E-state index contributed by atoms with van der Waals surface area (Å²) < 4.78 is 8.05. The Morgan fingerprint density at radius 1 is 1.33 bits per heavy atom. The van der Waals surface area contributed by atoms with Gasteiger partial charge in [0.25, 0.3) is 0 Å². The van der Waals surface area contributed by atoms with Gasteiger partial charge in [-0.1, -0.05) is 39.4 Å². The Balaban J connectivity index is 1.84. The lowest BCUT2D eigenvalue weighted by Crippen LogP contribution is -2.39. The maximum Gasteiger partial charge on any atom is 0.230 e. The summed E-state index contributed by atoms with van der Waals surface area (Å²) in [5, 5.41) is 15.0. The summed E-state index contributed by atoms with van der Waals surface area (Å²) >= 11 is 5.04. The molecule has 0 amide bonds. The van der Waals surface area contributed by atoms with Crippen LogP contribution in [0.2, 0.25) is 0 Å². The van der Waals surface area contributed by atoms with Crippen molar-refractivity contribution in [3.8, 4) is 5.88 Å². The van der Waals surface area contributed by atoms with Gasteiger partial charge in [0, 0.05) is 17.6 Å². The zero-order valence-electron chi connectivity index (χ0n) is 13.1. The number of fused-ring (bicyclic) bond motifs is 1. The molecule has 3 heterocycles. The number of rotatable bonds is 3. The molecule has 1 aliphatic rings. The molecule has 0 radical (unpaired) electrons. The highest BCUT2D eigenvalue weighted by atomic mass is 79.9. The summed E-state index contributed by atoms with van der Waals surface area (Å²) in [6.45, 7) is 4.87. The van der Waals surface area contributed by atoms with Gasteiger partial charge in [0.1, 0.15) is 5.82 Å². The van der Waals surface area contributed by atoms with E-state index in [2.05, 4.69) is 43.0 Å². The molecule has 0 saturated carbocycles. The van der Waals surface area contributed by atoms with Crippen LogP contribution in [0.3, 0.4) is 0 Å². The fourth-order valence-corrected chi connectivity index (χ4v) is 4.65. The lowest BCUT2D eigenvalue weighted by molar-refractivity contribution is 0.0241. The van der Waals surface area contributed by atoms with Crippen LogP contribution in [0, 0.1) is 6.92 Å². The van der Waals surface area contributed by atoms with Gasteiger partial charge in [-0.05, 0) is 24.6 Å². The summed E-state index contributed by atoms with van der Waals surface area (Å²) in [6, 6.07) is 8.17. The highest BCUT2D eigenvalue weighted by Gasteiger charge is 2.30. The third kappa shape index (κ3) is 2.83. The second-order valence-corrected chi connectivity index (χ2v) is 7.67. The number of halogens is 1. The molecule has 126 valence electrons. The van der Waals surface area contributed by atoms with Crippen LogP contribution < -0.4 is 0 Å². The maximum atomic E-state index is 10.7. The highest BCUT2D eigenvalue weighted by molar-refractivity contribution is 9.10. The minimum Gasteiger partial charge on any atom is -0.492 e. The van der Waals surface area contributed by atoms with Crippen molar-refractivity contribution in [3.05, 3.63) is 45.0 Å². The summed E-state index contributed by atoms with van der Waals surface area (Å²) in [5.74, 6) is 0.834. The van der Waals surface area contributed by atoms with Crippen molar-refractivity contribution in [2.75, 3.05) is 26.3 Å². The first-order valence-corrected chi connectivity index (χ1v) is 9.37. The first-order chi connectivity index (χ1) is 11.6. The monoisotopic (exact) mass is 408 g/mol. The third-order valence-electron chi connectivity index (χ3n) is 4.13. The zero-order chi connectivity index (χ0) is 16.7. The fraction of sp³-hybridized carbons (Fsp3) is 0.375. The SMILES string of the molecule is Cc1nc2sc(C(c3cccc(Br)c3)N3CCOCC3)c(O)n2n1. The number of ether oxygens (including phenoxy) is 1. The Hall–Kier alpha value is -1.48. The largest absolute Gasteiger partial charge is 0.492 e. The molecule has 24 heavy (non-hydrogen) atoms. The number of thiazole rings is 1. The number of morpholine rings is 1. The van der Waals surface area contributed by atoms with E-state index < -0.39 is 0 Å². The van der Waals surface area contributed by atoms with Crippen LogP contribution in [0.5, 0.6) is 5.88 Å². The first-order valence-electron chi connectivity index (χ1n) is 7.76. The van der Waals surface area contributed by atoms with Crippen LogP contribution in [-0.4, -0.2) is 50.9 Å². The predicted molar refractivity (Wildman–Crippen MR) is 95.6 cm³/mol. The molecule has 1 atom stereocenters. The Morgan fingerprint density at radius 3 is 2.83 bits per heavy atom. The van der Waals surface area contributed by atoms with Crippen molar-refractivity contribution in [1.82, 2.24) is 19.5 Å². The highest BCUT2D eigenvalue weighted by Crippen LogP contribution is 2.40. The van der Waals surface area contributed by atoms with Crippen molar-refractivity contribution >= 4 is 32.2 Å². The minimum atomic E-state index is -0.0415. The van der Waals surface area contributed by atoms with Crippen molar-refractivity contribution in [2.45, 2.75) is 13.0 Å². The molecule has 4 rings (SSSR count). The second kappa shape index (κ2) is 6.44. The van der Waals surface area contributed by atoms with Gasteiger partial charge in [-0.15, -0.1) is 5.10 Å². The maximum absolute atomic E-state index is 10.7.